The van der Waals surface area contributed by atoms with E-state index in [1.807, 2.05) is 0 Å². The van der Waals surface area contributed by atoms with Crippen LogP contribution in [0.3, 0.4) is 0 Å². The Kier molecular flexibility index (Phi) is 3.51. The van der Waals surface area contributed by atoms with Crippen LogP contribution in [0.5, 0.6) is 0 Å². The molecule has 6 heteroatoms. The van der Waals surface area contributed by atoms with Gasteiger partial charge in [0.1, 0.15) is 17.4 Å². The van der Waals surface area contributed by atoms with Crippen LogP contribution in [-0.2, 0) is 9.59 Å². The molecule has 1 aliphatic carbocycles. The molecule has 1 N–H and O–H groups in total. The summed E-state index contributed by atoms with van der Waals surface area (Å²) < 4.78 is 14.1. The predicted octanol–water partition coefficient (Wildman–Crippen LogP) is 2.75. The number of anilines is 1. The predicted molar refractivity (Wildman–Crippen MR) is 80.4 cm³/mol. The van der Waals surface area contributed by atoms with Gasteiger partial charge < -0.3 is 5.32 Å². The number of rotatable bonds is 1. The molecule has 0 bridgehead atoms. The third kappa shape index (κ3) is 2.25. The molecule has 4 nitrogen and oxygen atoms in total. The van der Waals surface area contributed by atoms with Crippen molar-refractivity contribution in [3.8, 4) is 0 Å². The van der Waals surface area contributed by atoms with Gasteiger partial charge in [-0.25, -0.2) is 4.39 Å². The van der Waals surface area contributed by atoms with Crippen molar-refractivity contribution in [2.75, 3.05) is 4.90 Å². The SMILES string of the molecule is CC1C(=O)NC2(CCCC2)C(=O)N1c1ccc(Br)c(F)c1. The first-order valence-corrected chi connectivity index (χ1v) is 7.85. The number of hydrogen-bond donors (Lipinski definition) is 1. The summed E-state index contributed by atoms with van der Waals surface area (Å²) in [4.78, 5) is 26.5. The molecule has 2 fully saturated rings. The number of nitrogens with zero attached hydrogens (tertiary/aromatic N) is 1. The fourth-order valence-corrected chi connectivity index (χ4v) is 3.46. The Balaban J connectivity index is 2.03. The molecule has 1 heterocycles. The van der Waals surface area contributed by atoms with Gasteiger partial charge >= 0.3 is 0 Å². The minimum atomic E-state index is -0.798. The number of carbonyl (C=O) groups excluding carboxylic acids is 2. The van der Waals surface area contributed by atoms with E-state index in [2.05, 4.69) is 21.2 Å². The molecule has 2 amide bonds. The normalized spacial score (nSPS) is 24.5. The molecule has 1 spiro atoms. The maximum Gasteiger partial charge on any atom is 0.253 e. The van der Waals surface area contributed by atoms with E-state index in [1.165, 1.54) is 11.0 Å². The van der Waals surface area contributed by atoms with Gasteiger partial charge in [-0.15, -0.1) is 0 Å². The summed E-state index contributed by atoms with van der Waals surface area (Å²) in [6, 6.07) is 3.87. The second-order valence-corrected chi connectivity index (χ2v) is 6.58. The average Bonchev–Trinajstić information content (AvgIpc) is 2.90. The summed E-state index contributed by atoms with van der Waals surface area (Å²) >= 11 is 3.10. The fraction of sp³-hybridized carbons (Fsp3) is 0.467. The van der Waals surface area contributed by atoms with Gasteiger partial charge in [0.2, 0.25) is 5.91 Å². The van der Waals surface area contributed by atoms with E-state index < -0.39 is 17.4 Å². The van der Waals surface area contributed by atoms with Crippen LogP contribution in [0, 0.1) is 5.82 Å². The molecule has 0 aromatic heterocycles. The molecular formula is C15H16BrFN2O2. The Morgan fingerprint density at radius 1 is 1.33 bits per heavy atom. The summed E-state index contributed by atoms with van der Waals surface area (Å²) in [5.74, 6) is -0.757. The van der Waals surface area contributed by atoms with Gasteiger partial charge in [0, 0.05) is 5.69 Å². The average molecular weight is 355 g/mol. The molecule has 1 atom stereocenters. The van der Waals surface area contributed by atoms with Crippen LogP contribution in [0.15, 0.2) is 22.7 Å². The second kappa shape index (κ2) is 5.09. The zero-order valence-corrected chi connectivity index (χ0v) is 13.2. The van der Waals surface area contributed by atoms with Crippen LogP contribution < -0.4 is 10.2 Å². The molecule has 1 aliphatic heterocycles. The number of hydrogen-bond acceptors (Lipinski definition) is 2. The van der Waals surface area contributed by atoms with Crippen molar-refractivity contribution in [2.45, 2.75) is 44.2 Å². The smallest absolute Gasteiger partial charge is 0.253 e. The molecule has 1 saturated heterocycles. The molecule has 21 heavy (non-hydrogen) atoms. The summed E-state index contributed by atoms with van der Waals surface area (Å²) in [6.07, 6.45) is 3.14. The lowest BCUT2D eigenvalue weighted by Gasteiger charge is -2.43. The second-order valence-electron chi connectivity index (χ2n) is 5.73. The monoisotopic (exact) mass is 354 g/mol. The Morgan fingerprint density at radius 3 is 2.62 bits per heavy atom. The van der Waals surface area contributed by atoms with Crippen LogP contribution in [0.1, 0.15) is 32.6 Å². The molecule has 3 rings (SSSR count). The standard InChI is InChI=1S/C15H16BrFN2O2/c1-9-13(20)18-15(6-2-3-7-15)14(21)19(9)10-4-5-11(16)12(17)8-10/h4-5,8-9H,2-3,6-7H2,1H3,(H,18,20). The number of piperazine rings is 1. The third-order valence-electron chi connectivity index (χ3n) is 4.40. The summed E-state index contributed by atoms with van der Waals surface area (Å²) in [5, 5.41) is 2.88. The minimum Gasteiger partial charge on any atom is -0.340 e. The first kappa shape index (κ1) is 14.5. The molecule has 1 saturated carbocycles. The fourth-order valence-electron chi connectivity index (χ4n) is 3.21. The zero-order valence-electron chi connectivity index (χ0n) is 11.7. The quantitative estimate of drug-likeness (QED) is 0.842. The number of amides is 2. The molecule has 0 radical (unpaired) electrons. The minimum absolute atomic E-state index is 0.131. The molecule has 1 aromatic carbocycles. The van der Waals surface area contributed by atoms with Crippen molar-refractivity contribution in [3.05, 3.63) is 28.5 Å². The van der Waals surface area contributed by atoms with Crippen molar-refractivity contribution in [1.29, 1.82) is 0 Å². The van der Waals surface area contributed by atoms with Crippen molar-refractivity contribution in [2.24, 2.45) is 0 Å². The highest BCUT2D eigenvalue weighted by Gasteiger charge is 2.51. The van der Waals surface area contributed by atoms with Crippen molar-refractivity contribution >= 4 is 33.4 Å². The summed E-state index contributed by atoms with van der Waals surface area (Å²) in [5.41, 5.74) is -0.373. The Hall–Kier alpha value is -1.43. The summed E-state index contributed by atoms with van der Waals surface area (Å²) in [6.45, 7) is 1.66. The first-order valence-electron chi connectivity index (χ1n) is 7.05. The van der Waals surface area contributed by atoms with E-state index >= 15 is 0 Å². The topological polar surface area (TPSA) is 49.4 Å². The summed E-state index contributed by atoms with van der Waals surface area (Å²) in [7, 11) is 0. The van der Waals surface area contributed by atoms with Crippen LogP contribution in [0.4, 0.5) is 10.1 Å². The van der Waals surface area contributed by atoms with E-state index in [4.69, 9.17) is 0 Å². The lowest BCUT2D eigenvalue weighted by atomic mass is 9.90. The van der Waals surface area contributed by atoms with Crippen molar-refractivity contribution in [1.82, 2.24) is 5.32 Å². The highest BCUT2D eigenvalue weighted by atomic mass is 79.9. The largest absolute Gasteiger partial charge is 0.340 e. The molecule has 112 valence electrons. The number of benzene rings is 1. The van der Waals surface area contributed by atoms with Crippen molar-refractivity contribution in [3.63, 3.8) is 0 Å². The highest BCUT2D eigenvalue weighted by molar-refractivity contribution is 9.10. The number of nitrogens with one attached hydrogen (secondary N) is 1. The molecule has 2 aliphatic rings. The zero-order chi connectivity index (χ0) is 15.2. The Bertz CT molecular complexity index is 614. The van der Waals surface area contributed by atoms with Gasteiger partial charge in [-0.1, -0.05) is 12.8 Å². The third-order valence-corrected chi connectivity index (χ3v) is 5.04. The highest BCUT2D eigenvalue weighted by Crippen LogP contribution is 2.37. The van der Waals surface area contributed by atoms with Gasteiger partial charge in [-0.3, -0.25) is 14.5 Å². The van der Waals surface area contributed by atoms with Crippen LogP contribution in [0.2, 0.25) is 0 Å². The molecular weight excluding hydrogens is 339 g/mol. The Morgan fingerprint density at radius 2 is 2.00 bits per heavy atom. The number of carbonyl (C=O) groups is 2. The van der Waals surface area contributed by atoms with E-state index in [0.29, 0.717) is 23.0 Å². The maximum absolute atomic E-state index is 13.8. The van der Waals surface area contributed by atoms with Crippen LogP contribution >= 0.6 is 15.9 Å². The number of halogens is 2. The Labute approximate surface area is 130 Å². The van der Waals surface area contributed by atoms with Gasteiger partial charge in [0.05, 0.1) is 4.47 Å². The van der Waals surface area contributed by atoms with Gasteiger partial charge in [0.25, 0.3) is 5.91 Å². The maximum atomic E-state index is 13.8. The van der Waals surface area contributed by atoms with Gasteiger partial charge in [-0.2, -0.15) is 0 Å². The van der Waals surface area contributed by atoms with Gasteiger partial charge in [-0.05, 0) is 53.9 Å². The van der Waals surface area contributed by atoms with E-state index in [-0.39, 0.29) is 11.8 Å². The van der Waals surface area contributed by atoms with Crippen LogP contribution in [0.25, 0.3) is 0 Å². The van der Waals surface area contributed by atoms with Gasteiger partial charge in [0.15, 0.2) is 0 Å². The lowest BCUT2D eigenvalue weighted by Crippen LogP contribution is -2.69. The van der Waals surface area contributed by atoms with Crippen LogP contribution in [-0.4, -0.2) is 23.4 Å². The van der Waals surface area contributed by atoms with E-state index in [0.717, 1.165) is 12.8 Å². The van der Waals surface area contributed by atoms with E-state index in [9.17, 15) is 14.0 Å². The molecule has 1 aromatic rings. The molecule has 1 unspecified atom stereocenters. The van der Waals surface area contributed by atoms with E-state index in [1.54, 1.807) is 19.1 Å². The lowest BCUT2D eigenvalue weighted by molar-refractivity contribution is -0.137. The first-order chi connectivity index (χ1) is 9.94. The van der Waals surface area contributed by atoms with Crippen molar-refractivity contribution < 1.29 is 14.0 Å².